The fourth-order valence-electron chi connectivity index (χ4n) is 1.22. The predicted octanol–water partition coefficient (Wildman–Crippen LogP) is 0.334. The Balaban J connectivity index is 2.69. The van der Waals surface area contributed by atoms with Gasteiger partial charge in [-0.1, -0.05) is 20.8 Å². The number of carbonyl (C=O) groups is 1. The topological polar surface area (TPSA) is 68.0 Å². The van der Waals surface area contributed by atoms with Crippen LogP contribution in [0.15, 0.2) is 6.33 Å². The van der Waals surface area contributed by atoms with E-state index in [2.05, 4.69) is 10.1 Å². The lowest BCUT2D eigenvalue weighted by atomic mass is 9.86. The van der Waals surface area contributed by atoms with Crippen LogP contribution in [0, 0.1) is 5.41 Å². The minimum atomic E-state index is -0.964. The summed E-state index contributed by atoms with van der Waals surface area (Å²) in [5, 5.41) is 13.6. The number of aryl methyl sites for hydroxylation is 1. The number of aliphatic hydroxyl groups excluding tert-OH is 1. The molecular weight excluding hydrogens is 194 g/mol. The lowest BCUT2D eigenvalue weighted by Crippen LogP contribution is -2.35. The highest BCUT2D eigenvalue weighted by molar-refractivity contribution is 5.85. The van der Waals surface area contributed by atoms with E-state index in [4.69, 9.17) is 0 Å². The Bertz CT molecular complexity index is 352. The van der Waals surface area contributed by atoms with Gasteiger partial charge in [-0.15, -0.1) is 0 Å². The van der Waals surface area contributed by atoms with Crippen molar-refractivity contribution in [2.75, 3.05) is 0 Å². The van der Waals surface area contributed by atoms with Gasteiger partial charge in [0.1, 0.15) is 18.3 Å². The molecule has 0 aliphatic heterocycles. The Kier molecular flexibility index (Phi) is 3.24. The van der Waals surface area contributed by atoms with E-state index in [0.717, 1.165) is 0 Å². The van der Waals surface area contributed by atoms with Crippen molar-refractivity contribution in [3.8, 4) is 0 Å². The summed E-state index contributed by atoms with van der Waals surface area (Å²) in [5.74, 6) is 0.349. The Morgan fingerprint density at radius 2 is 2.20 bits per heavy atom. The molecule has 0 aliphatic rings. The normalized spacial score (nSPS) is 13.9. The highest BCUT2D eigenvalue weighted by atomic mass is 16.3. The molecule has 1 aromatic rings. The number of ketones is 1. The first-order valence-corrected chi connectivity index (χ1v) is 4.86. The highest BCUT2D eigenvalue weighted by Crippen LogP contribution is 2.20. The van der Waals surface area contributed by atoms with Crippen molar-refractivity contribution < 1.29 is 9.90 Å². The molecule has 1 atom stereocenters. The molecule has 0 bridgehead atoms. The van der Waals surface area contributed by atoms with E-state index in [-0.39, 0.29) is 12.2 Å². The number of aromatic nitrogens is 3. The summed E-state index contributed by atoms with van der Waals surface area (Å²) in [6, 6.07) is 0. The number of hydrogen-bond donors (Lipinski definition) is 1. The van der Waals surface area contributed by atoms with Gasteiger partial charge < -0.3 is 5.11 Å². The van der Waals surface area contributed by atoms with E-state index >= 15 is 0 Å². The van der Waals surface area contributed by atoms with Crippen LogP contribution in [0.4, 0.5) is 0 Å². The molecule has 0 fully saturated rings. The standard InChI is InChI=1S/C10H17N3O2/c1-10(2,3)9(15)7(14)5-8-11-6-12-13(8)4/h6,9,15H,5H2,1-4H3. The average molecular weight is 211 g/mol. The molecule has 84 valence electrons. The van der Waals surface area contributed by atoms with E-state index in [1.54, 1.807) is 7.05 Å². The Morgan fingerprint density at radius 1 is 1.60 bits per heavy atom. The first-order valence-electron chi connectivity index (χ1n) is 4.86. The highest BCUT2D eigenvalue weighted by Gasteiger charge is 2.29. The zero-order valence-corrected chi connectivity index (χ0v) is 9.56. The van der Waals surface area contributed by atoms with Crippen LogP contribution in [0.25, 0.3) is 0 Å². The van der Waals surface area contributed by atoms with Crippen molar-refractivity contribution in [1.82, 2.24) is 14.8 Å². The van der Waals surface area contributed by atoms with Gasteiger partial charge in [0, 0.05) is 7.05 Å². The van der Waals surface area contributed by atoms with Gasteiger partial charge in [-0.25, -0.2) is 4.98 Å². The Hall–Kier alpha value is -1.23. The second-order valence-corrected chi connectivity index (χ2v) is 4.71. The molecule has 0 saturated heterocycles. The third-order valence-corrected chi connectivity index (χ3v) is 2.26. The first-order chi connectivity index (χ1) is 6.82. The van der Waals surface area contributed by atoms with Crippen molar-refractivity contribution in [1.29, 1.82) is 0 Å². The van der Waals surface area contributed by atoms with Crippen LogP contribution in [0.1, 0.15) is 26.6 Å². The molecule has 0 aliphatic carbocycles. The van der Waals surface area contributed by atoms with E-state index < -0.39 is 11.5 Å². The zero-order chi connectivity index (χ0) is 11.6. The molecule has 1 heterocycles. The van der Waals surface area contributed by atoms with Crippen molar-refractivity contribution in [3.63, 3.8) is 0 Å². The fraction of sp³-hybridized carbons (Fsp3) is 0.700. The third kappa shape index (κ3) is 2.86. The number of rotatable bonds is 3. The second-order valence-electron chi connectivity index (χ2n) is 4.71. The maximum Gasteiger partial charge on any atom is 0.169 e. The molecule has 0 saturated carbocycles. The van der Waals surface area contributed by atoms with E-state index in [1.165, 1.54) is 11.0 Å². The van der Waals surface area contributed by atoms with E-state index in [9.17, 15) is 9.90 Å². The molecule has 5 heteroatoms. The quantitative estimate of drug-likeness (QED) is 0.782. The lowest BCUT2D eigenvalue weighted by molar-refractivity contribution is -0.131. The Labute approximate surface area is 89.1 Å². The van der Waals surface area contributed by atoms with Crippen LogP contribution < -0.4 is 0 Å². The molecule has 1 aromatic heterocycles. The van der Waals surface area contributed by atoms with Gasteiger partial charge >= 0.3 is 0 Å². The van der Waals surface area contributed by atoms with Crippen LogP contribution in [-0.4, -0.2) is 31.8 Å². The first kappa shape index (κ1) is 11.8. The number of Topliss-reactive ketones (excluding diaryl/α,β-unsaturated/α-hetero) is 1. The van der Waals surface area contributed by atoms with E-state index in [0.29, 0.717) is 5.82 Å². The molecule has 0 aromatic carbocycles. The monoisotopic (exact) mass is 211 g/mol. The molecule has 5 nitrogen and oxygen atoms in total. The average Bonchev–Trinajstić information content (AvgIpc) is 2.49. The number of aliphatic hydroxyl groups is 1. The molecule has 1 N–H and O–H groups in total. The summed E-state index contributed by atoms with van der Waals surface area (Å²) in [6.07, 6.45) is 0.551. The third-order valence-electron chi connectivity index (χ3n) is 2.26. The van der Waals surface area contributed by atoms with Crippen molar-refractivity contribution >= 4 is 5.78 Å². The molecule has 1 rings (SSSR count). The van der Waals surface area contributed by atoms with Crippen LogP contribution in [0.2, 0.25) is 0 Å². The van der Waals surface area contributed by atoms with Crippen LogP contribution in [0.5, 0.6) is 0 Å². The second kappa shape index (κ2) is 4.10. The number of carbonyl (C=O) groups excluding carboxylic acids is 1. The van der Waals surface area contributed by atoms with Crippen LogP contribution >= 0.6 is 0 Å². The van der Waals surface area contributed by atoms with Crippen LogP contribution in [0.3, 0.4) is 0 Å². The zero-order valence-electron chi connectivity index (χ0n) is 9.56. The number of nitrogens with zero attached hydrogens (tertiary/aromatic N) is 3. The summed E-state index contributed by atoms with van der Waals surface area (Å²) >= 11 is 0. The summed E-state index contributed by atoms with van der Waals surface area (Å²) in [7, 11) is 1.72. The summed E-state index contributed by atoms with van der Waals surface area (Å²) < 4.78 is 1.54. The van der Waals surface area contributed by atoms with Gasteiger partial charge in [-0.3, -0.25) is 9.48 Å². The smallest absolute Gasteiger partial charge is 0.169 e. The summed E-state index contributed by atoms with van der Waals surface area (Å²) in [5.41, 5.74) is -0.435. The minimum absolute atomic E-state index is 0.120. The molecule has 0 spiro atoms. The molecule has 1 unspecified atom stereocenters. The van der Waals surface area contributed by atoms with Gasteiger partial charge in [-0.2, -0.15) is 5.10 Å². The van der Waals surface area contributed by atoms with E-state index in [1.807, 2.05) is 20.8 Å². The van der Waals surface area contributed by atoms with Gasteiger partial charge in [0.15, 0.2) is 5.78 Å². The van der Waals surface area contributed by atoms with Crippen LogP contribution in [-0.2, 0) is 18.3 Å². The SMILES string of the molecule is Cn1ncnc1CC(=O)C(O)C(C)(C)C. The molecule has 0 radical (unpaired) electrons. The summed E-state index contributed by atoms with van der Waals surface area (Å²) in [4.78, 5) is 15.6. The molecule has 15 heavy (non-hydrogen) atoms. The van der Waals surface area contributed by atoms with Gasteiger partial charge in [0.25, 0.3) is 0 Å². The lowest BCUT2D eigenvalue weighted by Gasteiger charge is -2.24. The largest absolute Gasteiger partial charge is 0.385 e. The molecule has 0 amide bonds. The van der Waals surface area contributed by atoms with Crippen molar-refractivity contribution in [3.05, 3.63) is 12.2 Å². The van der Waals surface area contributed by atoms with Gasteiger partial charge in [-0.05, 0) is 5.41 Å². The maximum atomic E-state index is 11.7. The minimum Gasteiger partial charge on any atom is -0.385 e. The van der Waals surface area contributed by atoms with Crippen molar-refractivity contribution in [2.24, 2.45) is 12.5 Å². The van der Waals surface area contributed by atoms with Crippen molar-refractivity contribution in [2.45, 2.75) is 33.3 Å². The van der Waals surface area contributed by atoms with Gasteiger partial charge in [0.05, 0.1) is 6.42 Å². The predicted molar refractivity (Wildman–Crippen MR) is 55.2 cm³/mol. The number of hydrogen-bond acceptors (Lipinski definition) is 4. The molecular formula is C10H17N3O2. The Morgan fingerprint density at radius 3 is 2.60 bits per heavy atom. The maximum absolute atomic E-state index is 11.7. The fourth-order valence-corrected chi connectivity index (χ4v) is 1.22. The van der Waals surface area contributed by atoms with Gasteiger partial charge in [0.2, 0.25) is 0 Å². The summed E-state index contributed by atoms with van der Waals surface area (Å²) in [6.45, 7) is 5.48.